The molecule has 136 valence electrons. The van der Waals surface area contributed by atoms with Crippen molar-refractivity contribution >= 4 is 32.5 Å². The third-order valence-corrected chi connectivity index (χ3v) is 5.48. The number of piperidine rings is 1. The summed E-state index contributed by atoms with van der Waals surface area (Å²) in [6.45, 7) is 1.50. The third kappa shape index (κ3) is 3.60. The molecule has 1 saturated heterocycles. The van der Waals surface area contributed by atoms with Crippen molar-refractivity contribution in [3.05, 3.63) is 48.2 Å². The molecular weight excluding hydrogens is 361 g/mol. The second kappa shape index (κ2) is 6.75. The highest BCUT2D eigenvalue weighted by Gasteiger charge is 2.31. The van der Waals surface area contributed by atoms with E-state index in [1.54, 1.807) is 11.3 Å². The minimum atomic E-state index is -4.35. The van der Waals surface area contributed by atoms with Crippen LogP contribution in [0.1, 0.15) is 18.4 Å². The molecule has 8 heteroatoms. The van der Waals surface area contributed by atoms with E-state index in [0.29, 0.717) is 11.9 Å². The van der Waals surface area contributed by atoms with Gasteiger partial charge in [-0.1, -0.05) is 23.5 Å². The van der Waals surface area contributed by atoms with E-state index in [0.717, 1.165) is 53.5 Å². The molecule has 4 nitrogen and oxygen atoms in total. The molecule has 0 bridgehead atoms. The second-order valence-corrected chi connectivity index (χ2v) is 7.33. The normalized spacial score (nSPS) is 16.2. The minimum Gasteiger partial charge on any atom is -0.359 e. The predicted molar refractivity (Wildman–Crippen MR) is 97.7 cm³/mol. The number of thiazole rings is 1. The lowest BCUT2D eigenvalue weighted by atomic mass is 10.1. The molecule has 0 spiro atoms. The molecule has 1 N–H and O–H groups in total. The molecule has 1 aromatic carbocycles. The summed E-state index contributed by atoms with van der Waals surface area (Å²) in [5, 5.41) is 4.40. The average molecular weight is 378 g/mol. The van der Waals surface area contributed by atoms with Gasteiger partial charge in [-0.25, -0.2) is 9.97 Å². The van der Waals surface area contributed by atoms with Crippen LogP contribution in [0.2, 0.25) is 0 Å². The number of nitrogens with one attached hydrogen (secondary N) is 1. The van der Waals surface area contributed by atoms with E-state index < -0.39 is 11.7 Å². The monoisotopic (exact) mass is 378 g/mol. The number of hydrogen-bond donors (Lipinski definition) is 1. The summed E-state index contributed by atoms with van der Waals surface area (Å²) >= 11 is 1.64. The Labute approximate surface area is 152 Å². The van der Waals surface area contributed by atoms with E-state index in [1.807, 2.05) is 23.1 Å². The summed E-state index contributed by atoms with van der Waals surface area (Å²) in [5.74, 6) is 0.594. The van der Waals surface area contributed by atoms with Gasteiger partial charge in [0.05, 0.1) is 15.8 Å². The van der Waals surface area contributed by atoms with E-state index in [-0.39, 0.29) is 0 Å². The molecule has 3 heterocycles. The maximum atomic E-state index is 12.6. The Morgan fingerprint density at radius 1 is 1.08 bits per heavy atom. The Kier molecular flexibility index (Phi) is 4.44. The Morgan fingerprint density at radius 3 is 2.50 bits per heavy atom. The highest BCUT2D eigenvalue weighted by atomic mass is 32.1. The van der Waals surface area contributed by atoms with Gasteiger partial charge in [-0.3, -0.25) is 0 Å². The molecule has 1 fully saturated rings. The molecule has 0 saturated carbocycles. The van der Waals surface area contributed by atoms with Crippen molar-refractivity contribution in [1.29, 1.82) is 0 Å². The van der Waals surface area contributed by atoms with Crippen LogP contribution < -0.4 is 10.2 Å². The quantitative estimate of drug-likeness (QED) is 0.711. The van der Waals surface area contributed by atoms with Crippen LogP contribution >= 0.6 is 11.3 Å². The Morgan fingerprint density at radius 2 is 1.85 bits per heavy atom. The molecule has 0 amide bonds. The first-order chi connectivity index (χ1) is 12.5. The van der Waals surface area contributed by atoms with E-state index >= 15 is 0 Å². The molecule has 26 heavy (non-hydrogen) atoms. The van der Waals surface area contributed by atoms with Gasteiger partial charge in [0, 0.05) is 25.3 Å². The van der Waals surface area contributed by atoms with E-state index in [2.05, 4.69) is 21.4 Å². The largest absolute Gasteiger partial charge is 0.417 e. The van der Waals surface area contributed by atoms with Crippen molar-refractivity contribution in [2.75, 3.05) is 23.3 Å². The Hall–Kier alpha value is -2.35. The Balaban J connectivity index is 1.36. The smallest absolute Gasteiger partial charge is 0.359 e. The van der Waals surface area contributed by atoms with Crippen LogP contribution in [0, 0.1) is 0 Å². The van der Waals surface area contributed by atoms with Crippen molar-refractivity contribution in [2.24, 2.45) is 0 Å². The number of alkyl halides is 3. The lowest BCUT2D eigenvalue weighted by molar-refractivity contribution is -0.137. The predicted octanol–water partition coefficient (Wildman–Crippen LogP) is 4.79. The number of aromatic nitrogens is 2. The fourth-order valence-corrected chi connectivity index (χ4v) is 4.05. The van der Waals surface area contributed by atoms with Crippen LogP contribution in [-0.2, 0) is 6.18 Å². The van der Waals surface area contributed by atoms with Gasteiger partial charge in [0.25, 0.3) is 0 Å². The first kappa shape index (κ1) is 17.1. The molecule has 1 aliphatic heterocycles. The topological polar surface area (TPSA) is 41.0 Å². The van der Waals surface area contributed by atoms with E-state index in [9.17, 15) is 13.2 Å². The third-order valence-electron chi connectivity index (χ3n) is 4.52. The van der Waals surface area contributed by atoms with Crippen molar-refractivity contribution in [2.45, 2.75) is 25.1 Å². The van der Waals surface area contributed by atoms with Crippen LogP contribution in [0.15, 0.2) is 42.6 Å². The number of pyridine rings is 1. The van der Waals surface area contributed by atoms with Gasteiger partial charge in [-0.05, 0) is 37.1 Å². The van der Waals surface area contributed by atoms with Crippen molar-refractivity contribution in [1.82, 2.24) is 9.97 Å². The van der Waals surface area contributed by atoms with Gasteiger partial charge >= 0.3 is 6.18 Å². The molecule has 3 aromatic rings. The molecule has 0 aliphatic carbocycles. The number of fused-ring (bicyclic) bond motifs is 1. The zero-order valence-electron chi connectivity index (χ0n) is 13.8. The number of halogens is 3. The summed E-state index contributed by atoms with van der Waals surface area (Å²) in [7, 11) is 0. The first-order valence-electron chi connectivity index (χ1n) is 8.39. The summed E-state index contributed by atoms with van der Waals surface area (Å²) in [6.07, 6.45) is -1.67. The molecule has 0 unspecified atom stereocenters. The van der Waals surface area contributed by atoms with Crippen LogP contribution in [0.4, 0.5) is 24.1 Å². The van der Waals surface area contributed by atoms with Crippen molar-refractivity contribution in [3.8, 4) is 0 Å². The van der Waals surface area contributed by atoms with Crippen LogP contribution in [-0.4, -0.2) is 29.1 Å². The fraction of sp³-hybridized carbons (Fsp3) is 0.333. The summed E-state index contributed by atoms with van der Waals surface area (Å²) in [4.78, 5) is 10.6. The fourth-order valence-electron chi connectivity index (χ4n) is 3.10. The van der Waals surface area contributed by atoms with Crippen molar-refractivity contribution < 1.29 is 13.2 Å². The standard InChI is InChI=1S/C18H17F3N4S/c19-18(20,21)12-5-6-16(22-11-12)25-9-7-13(8-10-25)23-17-24-14-3-1-2-4-15(14)26-17/h1-6,11,13H,7-10H2,(H,23,24). The Bertz CT molecular complexity index is 850. The average Bonchev–Trinajstić information content (AvgIpc) is 3.04. The summed E-state index contributed by atoms with van der Waals surface area (Å²) in [6, 6.07) is 10.9. The number of nitrogens with zero attached hydrogens (tertiary/aromatic N) is 3. The van der Waals surface area contributed by atoms with E-state index in [4.69, 9.17) is 0 Å². The van der Waals surface area contributed by atoms with Gasteiger partial charge in [0.1, 0.15) is 5.82 Å². The van der Waals surface area contributed by atoms with Crippen molar-refractivity contribution in [3.63, 3.8) is 0 Å². The van der Waals surface area contributed by atoms with Gasteiger partial charge in [-0.15, -0.1) is 0 Å². The SMILES string of the molecule is FC(F)(F)c1ccc(N2CCC(Nc3nc4ccccc4s3)CC2)nc1. The highest BCUT2D eigenvalue weighted by Crippen LogP contribution is 2.30. The maximum Gasteiger partial charge on any atom is 0.417 e. The molecule has 0 atom stereocenters. The number of benzene rings is 1. The van der Waals surface area contributed by atoms with Gasteiger partial charge in [-0.2, -0.15) is 13.2 Å². The lowest BCUT2D eigenvalue weighted by Crippen LogP contribution is -2.39. The number of anilines is 2. The van der Waals surface area contributed by atoms with Gasteiger partial charge in [0.2, 0.25) is 0 Å². The van der Waals surface area contributed by atoms with Gasteiger partial charge in [0.15, 0.2) is 5.13 Å². The zero-order chi connectivity index (χ0) is 18.1. The summed E-state index contributed by atoms with van der Waals surface area (Å²) < 4.78 is 39.0. The van der Waals surface area contributed by atoms with Crippen LogP contribution in [0.3, 0.4) is 0 Å². The number of rotatable bonds is 3. The number of hydrogen-bond acceptors (Lipinski definition) is 5. The highest BCUT2D eigenvalue weighted by molar-refractivity contribution is 7.22. The first-order valence-corrected chi connectivity index (χ1v) is 9.21. The number of para-hydroxylation sites is 1. The van der Waals surface area contributed by atoms with Crippen LogP contribution in [0.25, 0.3) is 10.2 Å². The zero-order valence-corrected chi connectivity index (χ0v) is 14.6. The van der Waals surface area contributed by atoms with Crippen LogP contribution in [0.5, 0.6) is 0 Å². The molecule has 2 aromatic heterocycles. The van der Waals surface area contributed by atoms with E-state index in [1.165, 1.54) is 6.07 Å². The summed E-state index contributed by atoms with van der Waals surface area (Å²) in [5.41, 5.74) is 0.278. The maximum absolute atomic E-state index is 12.6. The molecule has 1 aliphatic rings. The second-order valence-electron chi connectivity index (χ2n) is 6.30. The molecule has 4 rings (SSSR count). The van der Waals surface area contributed by atoms with Gasteiger partial charge < -0.3 is 10.2 Å². The molecule has 0 radical (unpaired) electrons. The minimum absolute atomic E-state index is 0.307. The molecular formula is C18H17F3N4S. The lowest BCUT2D eigenvalue weighted by Gasteiger charge is -2.33.